The van der Waals surface area contributed by atoms with Gasteiger partial charge in [-0.15, -0.1) is 5.10 Å². The molecule has 23 heavy (non-hydrogen) atoms. The highest BCUT2D eigenvalue weighted by Gasteiger charge is 2.09. The number of anilines is 1. The van der Waals surface area contributed by atoms with E-state index < -0.39 is 0 Å². The van der Waals surface area contributed by atoms with Gasteiger partial charge >= 0.3 is 0 Å². The molecular formula is C16H14N4O3. The van der Waals surface area contributed by atoms with E-state index in [0.717, 1.165) is 4.68 Å². The molecule has 0 aliphatic rings. The van der Waals surface area contributed by atoms with Gasteiger partial charge in [-0.25, -0.2) is 4.68 Å². The van der Waals surface area contributed by atoms with Crippen LogP contribution in [0.2, 0.25) is 0 Å². The summed E-state index contributed by atoms with van der Waals surface area (Å²) in [7, 11) is 1.57. The Morgan fingerprint density at radius 1 is 1.17 bits per heavy atom. The maximum absolute atomic E-state index is 12.3. The van der Waals surface area contributed by atoms with E-state index in [0.29, 0.717) is 22.3 Å². The van der Waals surface area contributed by atoms with Gasteiger partial charge in [0.25, 0.3) is 5.56 Å². The molecule has 7 heteroatoms. The SMILES string of the molecule is COc1ccc(NC(=O)Cn2nnc3ccccc3c2=O)cc1. The summed E-state index contributed by atoms with van der Waals surface area (Å²) in [6.45, 7) is -0.206. The van der Waals surface area contributed by atoms with Crippen molar-refractivity contribution in [2.45, 2.75) is 6.54 Å². The van der Waals surface area contributed by atoms with Gasteiger partial charge in [-0.1, -0.05) is 17.3 Å². The van der Waals surface area contributed by atoms with Gasteiger partial charge in [0.15, 0.2) is 0 Å². The minimum Gasteiger partial charge on any atom is -0.497 e. The highest BCUT2D eigenvalue weighted by atomic mass is 16.5. The summed E-state index contributed by atoms with van der Waals surface area (Å²) in [5.74, 6) is 0.335. The van der Waals surface area contributed by atoms with Gasteiger partial charge < -0.3 is 10.1 Å². The van der Waals surface area contributed by atoms with Crippen LogP contribution in [0.3, 0.4) is 0 Å². The van der Waals surface area contributed by atoms with Gasteiger partial charge in [-0.3, -0.25) is 9.59 Å². The number of hydrogen-bond acceptors (Lipinski definition) is 5. The third-order valence-corrected chi connectivity index (χ3v) is 3.30. The summed E-state index contributed by atoms with van der Waals surface area (Å²) in [5, 5.41) is 10.9. The van der Waals surface area contributed by atoms with E-state index in [-0.39, 0.29) is 18.0 Å². The molecule has 0 aliphatic heterocycles. The molecule has 1 aromatic heterocycles. The average Bonchev–Trinajstić information content (AvgIpc) is 2.58. The van der Waals surface area contributed by atoms with Crippen molar-refractivity contribution >= 4 is 22.5 Å². The monoisotopic (exact) mass is 310 g/mol. The van der Waals surface area contributed by atoms with Crippen molar-refractivity contribution in [3.05, 3.63) is 58.9 Å². The molecule has 0 spiro atoms. The number of methoxy groups -OCH3 is 1. The Morgan fingerprint density at radius 3 is 2.65 bits per heavy atom. The molecule has 0 radical (unpaired) electrons. The van der Waals surface area contributed by atoms with Crippen LogP contribution in [0.25, 0.3) is 10.9 Å². The Hall–Kier alpha value is -3.22. The quantitative estimate of drug-likeness (QED) is 0.788. The van der Waals surface area contributed by atoms with Gasteiger partial charge in [-0.05, 0) is 36.4 Å². The topological polar surface area (TPSA) is 86.1 Å². The normalized spacial score (nSPS) is 10.5. The largest absolute Gasteiger partial charge is 0.497 e. The zero-order chi connectivity index (χ0) is 16.2. The first-order valence-corrected chi connectivity index (χ1v) is 6.94. The number of carbonyl (C=O) groups excluding carboxylic acids is 1. The van der Waals surface area contributed by atoms with E-state index >= 15 is 0 Å². The summed E-state index contributed by atoms with van der Waals surface area (Å²) in [6, 6.07) is 13.8. The molecule has 2 aromatic carbocycles. The zero-order valence-electron chi connectivity index (χ0n) is 12.4. The average molecular weight is 310 g/mol. The van der Waals surface area contributed by atoms with Crippen molar-refractivity contribution < 1.29 is 9.53 Å². The second-order valence-electron chi connectivity index (χ2n) is 4.85. The molecule has 0 atom stereocenters. The first-order chi connectivity index (χ1) is 11.2. The maximum Gasteiger partial charge on any atom is 0.278 e. The van der Waals surface area contributed by atoms with Crippen LogP contribution in [-0.2, 0) is 11.3 Å². The van der Waals surface area contributed by atoms with Crippen LogP contribution in [0, 0.1) is 0 Å². The van der Waals surface area contributed by atoms with Crippen LogP contribution >= 0.6 is 0 Å². The predicted octanol–water partition coefficient (Wildman–Crippen LogP) is 1.44. The Labute approximate surface area is 131 Å². The molecule has 0 bridgehead atoms. The molecular weight excluding hydrogens is 296 g/mol. The molecule has 0 saturated heterocycles. The zero-order valence-corrected chi connectivity index (χ0v) is 12.4. The number of ether oxygens (including phenoxy) is 1. The maximum atomic E-state index is 12.3. The Kier molecular flexibility index (Phi) is 4.01. The van der Waals surface area contributed by atoms with Crippen LogP contribution in [-0.4, -0.2) is 28.0 Å². The minimum atomic E-state index is -0.359. The standard InChI is InChI=1S/C16H14N4O3/c1-23-12-8-6-11(7-9-12)17-15(21)10-20-16(22)13-4-2-3-5-14(13)18-19-20/h2-9H,10H2,1H3,(H,17,21). The Bertz CT molecular complexity index is 903. The fourth-order valence-corrected chi connectivity index (χ4v) is 2.14. The summed E-state index contributed by atoms with van der Waals surface area (Å²) in [5.41, 5.74) is 0.766. The number of fused-ring (bicyclic) bond motifs is 1. The lowest BCUT2D eigenvalue weighted by Crippen LogP contribution is -2.30. The highest BCUT2D eigenvalue weighted by Crippen LogP contribution is 2.14. The van der Waals surface area contributed by atoms with Crippen molar-refractivity contribution in [2.24, 2.45) is 0 Å². The van der Waals surface area contributed by atoms with Crippen molar-refractivity contribution in [1.82, 2.24) is 15.0 Å². The second kappa shape index (κ2) is 6.27. The fourth-order valence-electron chi connectivity index (χ4n) is 2.14. The molecule has 1 amide bonds. The van der Waals surface area contributed by atoms with E-state index in [4.69, 9.17) is 4.74 Å². The van der Waals surface area contributed by atoms with Crippen LogP contribution in [0.1, 0.15) is 0 Å². The third kappa shape index (κ3) is 3.18. The second-order valence-corrected chi connectivity index (χ2v) is 4.85. The lowest BCUT2D eigenvalue weighted by molar-refractivity contribution is -0.117. The predicted molar refractivity (Wildman–Crippen MR) is 85.4 cm³/mol. The molecule has 116 valence electrons. The first kappa shape index (κ1) is 14.7. The number of nitrogens with one attached hydrogen (secondary N) is 1. The first-order valence-electron chi connectivity index (χ1n) is 6.94. The van der Waals surface area contributed by atoms with Crippen molar-refractivity contribution in [1.29, 1.82) is 0 Å². The number of aromatic nitrogens is 3. The van der Waals surface area contributed by atoms with E-state index in [9.17, 15) is 9.59 Å². The van der Waals surface area contributed by atoms with Crippen LogP contribution in [0.15, 0.2) is 53.3 Å². The van der Waals surface area contributed by atoms with Crippen molar-refractivity contribution in [3.63, 3.8) is 0 Å². The van der Waals surface area contributed by atoms with Gasteiger partial charge in [0, 0.05) is 5.69 Å². The van der Waals surface area contributed by atoms with E-state index in [1.807, 2.05) is 0 Å². The number of hydrogen-bond donors (Lipinski definition) is 1. The van der Waals surface area contributed by atoms with Crippen molar-refractivity contribution in [2.75, 3.05) is 12.4 Å². The Balaban J connectivity index is 1.77. The summed E-state index contributed by atoms with van der Waals surface area (Å²) in [6.07, 6.45) is 0. The highest BCUT2D eigenvalue weighted by molar-refractivity contribution is 5.90. The van der Waals surface area contributed by atoms with Crippen molar-refractivity contribution in [3.8, 4) is 5.75 Å². The fraction of sp³-hybridized carbons (Fsp3) is 0.125. The molecule has 7 nitrogen and oxygen atoms in total. The van der Waals surface area contributed by atoms with E-state index in [1.165, 1.54) is 0 Å². The lowest BCUT2D eigenvalue weighted by Gasteiger charge is -2.07. The molecule has 3 aromatic rings. The van der Waals surface area contributed by atoms with Crippen LogP contribution in [0.4, 0.5) is 5.69 Å². The number of benzene rings is 2. The van der Waals surface area contributed by atoms with Gasteiger partial charge in [-0.2, -0.15) is 0 Å². The smallest absolute Gasteiger partial charge is 0.278 e. The van der Waals surface area contributed by atoms with Gasteiger partial charge in [0.2, 0.25) is 5.91 Å². The van der Waals surface area contributed by atoms with Gasteiger partial charge in [0.05, 0.1) is 12.5 Å². The molecule has 0 aliphatic carbocycles. The summed E-state index contributed by atoms with van der Waals surface area (Å²) >= 11 is 0. The molecule has 0 saturated carbocycles. The van der Waals surface area contributed by atoms with Gasteiger partial charge in [0.1, 0.15) is 17.8 Å². The Morgan fingerprint density at radius 2 is 1.91 bits per heavy atom. The number of amides is 1. The summed E-state index contributed by atoms with van der Waals surface area (Å²) < 4.78 is 6.09. The lowest BCUT2D eigenvalue weighted by atomic mass is 10.2. The molecule has 0 unspecified atom stereocenters. The van der Waals surface area contributed by atoms with E-state index in [2.05, 4.69) is 15.6 Å². The van der Waals surface area contributed by atoms with E-state index in [1.54, 1.807) is 55.6 Å². The van der Waals surface area contributed by atoms with Crippen LogP contribution < -0.4 is 15.6 Å². The number of carbonyl (C=O) groups is 1. The minimum absolute atomic E-state index is 0.206. The number of rotatable bonds is 4. The molecule has 0 fully saturated rings. The molecule has 1 N–H and O–H groups in total. The molecule has 1 heterocycles. The summed E-state index contributed by atoms with van der Waals surface area (Å²) in [4.78, 5) is 24.3. The molecule has 3 rings (SSSR count). The number of nitrogens with zero attached hydrogens (tertiary/aromatic N) is 3. The third-order valence-electron chi connectivity index (χ3n) is 3.30. The van der Waals surface area contributed by atoms with Crippen LogP contribution in [0.5, 0.6) is 5.75 Å².